The molecule has 1 amide bonds. The second-order valence-electron chi connectivity index (χ2n) is 17.8. The van der Waals surface area contributed by atoms with E-state index >= 15 is 0 Å². The van der Waals surface area contributed by atoms with Crippen LogP contribution in [-0.4, -0.2) is 118 Å². The van der Waals surface area contributed by atoms with E-state index in [2.05, 4.69) is 11.9 Å². The van der Waals surface area contributed by atoms with Crippen LogP contribution in [0.3, 0.4) is 0 Å². The van der Waals surface area contributed by atoms with Crippen molar-refractivity contribution in [1.29, 1.82) is 0 Å². The van der Waals surface area contributed by atoms with E-state index in [1.807, 2.05) is 20.8 Å². The Morgan fingerprint density at radius 1 is 1.06 bits per heavy atom. The quantitative estimate of drug-likeness (QED) is 0.143. The Balaban J connectivity index is 1.65. The van der Waals surface area contributed by atoms with Gasteiger partial charge in [-0.3, -0.25) is 9.59 Å². The molecular weight excluding hydrogens is 706 g/mol. The number of carbonyl (C=O) groups excluding carboxylic acids is 4. The van der Waals surface area contributed by atoms with Crippen molar-refractivity contribution in [3.63, 3.8) is 0 Å². The molecule has 0 aromatic carbocycles. The largest absolute Gasteiger partial charge is 0.456 e. The van der Waals surface area contributed by atoms with Crippen LogP contribution in [0.25, 0.3) is 0 Å². The molecule has 2 saturated carbocycles. The monoisotopic (exact) mass is 765 g/mol. The number of hydrogen-bond donors (Lipinski definition) is 4. The summed E-state index contributed by atoms with van der Waals surface area (Å²) < 4.78 is 42.7. The normalized spacial score (nSPS) is 38.4. The van der Waals surface area contributed by atoms with Crippen molar-refractivity contribution >= 4 is 24.0 Å². The van der Waals surface area contributed by atoms with Gasteiger partial charge < -0.3 is 53.8 Å². The molecule has 5 rings (SSSR count). The predicted molar refractivity (Wildman–Crippen MR) is 190 cm³/mol. The van der Waals surface area contributed by atoms with Crippen LogP contribution >= 0.6 is 0 Å². The number of esters is 3. The molecule has 0 aromatic rings. The smallest absolute Gasteiger partial charge is 0.407 e. The molecule has 0 spiro atoms. The number of amides is 1. The number of alkyl carbamates (subject to hydrolysis) is 1. The highest BCUT2D eigenvalue weighted by Crippen LogP contribution is 2.69. The van der Waals surface area contributed by atoms with Crippen LogP contribution in [-0.2, 0) is 47.5 Å². The lowest BCUT2D eigenvalue weighted by molar-refractivity contribution is -0.393. The number of aliphatic hydroxyl groups excluding tert-OH is 2. The molecule has 54 heavy (non-hydrogen) atoms. The Morgan fingerprint density at radius 2 is 1.70 bits per heavy atom. The van der Waals surface area contributed by atoms with Crippen molar-refractivity contribution in [3.05, 3.63) is 23.8 Å². The van der Waals surface area contributed by atoms with Crippen LogP contribution in [0.5, 0.6) is 0 Å². The Bertz CT molecular complexity index is 1550. The van der Waals surface area contributed by atoms with Gasteiger partial charge >= 0.3 is 24.0 Å². The topological polar surface area (TPSA) is 206 Å². The first-order valence-electron chi connectivity index (χ1n) is 18.8. The first kappa shape index (κ1) is 42.1. The highest BCUT2D eigenvalue weighted by atomic mass is 16.7. The summed E-state index contributed by atoms with van der Waals surface area (Å²) in [7, 11) is 0. The summed E-state index contributed by atoms with van der Waals surface area (Å²) in [6.07, 6.45) is -8.35. The van der Waals surface area contributed by atoms with E-state index in [1.54, 1.807) is 27.7 Å². The molecule has 5 unspecified atom stereocenters. The second-order valence-corrected chi connectivity index (χ2v) is 17.8. The molecule has 5 aliphatic rings. The number of aliphatic hydroxyl groups is 3. The van der Waals surface area contributed by atoms with Gasteiger partial charge in [0.15, 0.2) is 24.1 Å². The van der Waals surface area contributed by atoms with Crippen molar-refractivity contribution in [2.45, 2.75) is 167 Å². The van der Waals surface area contributed by atoms with Gasteiger partial charge in [-0.1, -0.05) is 27.4 Å². The summed E-state index contributed by atoms with van der Waals surface area (Å²) in [4.78, 5) is 52.5. The first-order valence-corrected chi connectivity index (χ1v) is 18.8. The number of carbonyl (C=O) groups is 4. The lowest BCUT2D eigenvalue weighted by Crippen LogP contribution is -2.80. The lowest BCUT2D eigenvalue weighted by Gasteiger charge is -2.67. The Morgan fingerprint density at radius 3 is 2.20 bits per heavy atom. The average molecular weight is 766 g/mol. The minimum absolute atomic E-state index is 0.0521. The van der Waals surface area contributed by atoms with Crippen LogP contribution in [0.15, 0.2) is 23.8 Å². The molecular formula is C39H59NO14. The van der Waals surface area contributed by atoms with Gasteiger partial charge in [-0.05, 0) is 71.1 Å². The molecule has 2 saturated heterocycles. The minimum atomic E-state index is -1.83. The van der Waals surface area contributed by atoms with Gasteiger partial charge in [0.05, 0.1) is 35.9 Å². The summed E-state index contributed by atoms with van der Waals surface area (Å²) in [5.41, 5.74) is -6.36. The summed E-state index contributed by atoms with van der Waals surface area (Å²) >= 11 is 0. The third-order valence-corrected chi connectivity index (χ3v) is 12.1. The fourth-order valence-corrected chi connectivity index (χ4v) is 9.94. The molecule has 0 bridgehead atoms. The van der Waals surface area contributed by atoms with Gasteiger partial charge in [-0.2, -0.15) is 0 Å². The zero-order chi connectivity index (χ0) is 40.5. The maximum absolute atomic E-state index is 13.9. The average Bonchev–Trinajstić information content (AvgIpc) is 3.28. The standard InChI is InChI=1S/C39H59NO14/c1-13-26-51-24-15-25-39(17-48-25,53-21(6)42)30-31(44)38(36(10,11)47)16-23(19(4)27(38)29(49-20(5)41)32(52-26)37(24,30)12)50-33(45)28(43)22(14-18(2)3)40-34(46)54-35(7,8)9/h13,18,22-26,28-32,43-44,47H,1,14-17H2,2-12H3,(H,40,46)/t22?,23-,24?,25?,26-,28+,29-,30-,31-,32-,37?,38?,39-/m0/s1. The van der Waals surface area contributed by atoms with Crippen molar-refractivity contribution < 1.29 is 67.7 Å². The highest BCUT2D eigenvalue weighted by molar-refractivity contribution is 5.77. The maximum atomic E-state index is 13.9. The van der Waals surface area contributed by atoms with Gasteiger partial charge in [-0.25, -0.2) is 9.59 Å². The lowest BCUT2D eigenvalue weighted by atomic mass is 9.49. The van der Waals surface area contributed by atoms with Crippen molar-refractivity contribution in [1.82, 2.24) is 5.32 Å². The molecule has 2 heterocycles. The van der Waals surface area contributed by atoms with Gasteiger partial charge in [0.25, 0.3) is 0 Å². The third-order valence-electron chi connectivity index (χ3n) is 12.1. The first-order chi connectivity index (χ1) is 24.8. The molecule has 3 aliphatic carbocycles. The predicted octanol–water partition coefficient (Wildman–Crippen LogP) is 3.01. The molecule has 0 aromatic heterocycles. The van der Waals surface area contributed by atoms with Crippen LogP contribution in [0.1, 0.15) is 95.4 Å². The van der Waals surface area contributed by atoms with E-state index in [4.69, 9.17) is 33.2 Å². The molecule has 0 radical (unpaired) electrons. The van der Waals surface area contributed by atoms with E-state index in [1.165, 1.54) is 33.8 Å². The summed E-state index contributed by atoms with van der Waals surface area (Å²) in [6, 6.07) is -1.08. The summed E-state index contributed by atoms with van der Waals surface area (Å²) in [5, 5.41) is 39.5. The number of hydrogen-bond acceptors (Lipinski definition) is 14. The van der Waals surface area contributed by atoms with Gasteiger partial charge in [0.1, 0.15) is 23.9 Å². The molecule has 4 N–H and O–H groups in total. The molecule has 4 fully saturated rings. The van der Waals surface area contributed by atoms with Crippen molar-refractivity contribution in [2.75, 3.05) is 6.61 Å². The fraction of sp³-hybridized carbons (Fsp3) is 0.795. The molecule has 2 aliphatic heterocycles. The summed E-state index contributed by atoms with van der Waals surface area (Å²) in [6.45, 7) is 21.6. The second kappa shape index (κ2) is 14.5. The zero-order valence-electron chi connectivity index (χ0n) is 33.3. The third kappa shape index (κ3) is 6.97. The Hall–Kier alpha value is -3.08. The molecule has 15 heteroatoms. The van der Waals surface area contributed by atoms with Crippen LogP contribution < -0.4 is 5.32 Å². The fourth-order valence-electron chi connectivity index (χ4n) is 9.94. The van der Waals surface area contributed by atoms with E-state index in [0.29, 0.717) is 5.57 Å². The minimum Gasteiger partial charge on any atom is -0.456 e. The van der Waals surface area contributed by atoms with E-state index in [9.17, 15) is 34.5 Å². The van der Waals surface area contributed by atoms with Gasteiger partial charge in [-0.15, -0.1) is 0 Å². The van der Waals surface area contributed by atoms with Crippen molar-refractivity contribution in [2.24, 2.45) is 22.7 Å². The van der Waals surface area contributed by atoms with E-state index in [-0.39, 0.29) is 37.4 Å². The zero-order valence-corrected chi connectivity index (χ0v) is 33.3. The summed E-state index contributed by atoms with van der Waals surface area (Å²) in [5.74, 6) is -3.44. The van der Waals surface area contributed by atoms with Crippen molar-refractivity contribution in [3.8, 4) is 0 Å². The van der Waals surface area contributed by atoms with Gasteiger partial charge in [0.2, 0.25) is 0 Å². The van der Waals surface area contributed by atoms with Gasteiger partial charge in [0, 0.05) is 38.0 Å². The number of ether oxygens (including phenoxy) is 7. The number of fused-ring (bicyclic) bond motifs is 3. The Labute approximate surface area is 317 Å². The molecule has 304 valence electrons. The Kier molecular flexibility index (Phi) is 11.3. The molecule has 13 atom stereocenters. The van der Waals surface area contributed by atoms with E-state index in [0.717, 1.165) is 0 Å². The number of nitrogens with one attached hydrogen (secondary N) is 1. The highest BCUT2D eigenvalue weighted by Gasteiger charge is 2.80. The maximum Gasteiger partial charge on any atom is 0.407 e. The number of rotatable bonds is 10. The van der Waals surface area contributed by atoms with Crippen LogP contribution in [0.4, 0.5) is 4.79 Å². The van der Waals surface area contributed by atoms with Crippen LogP contribution in [0.2, 0.25) is 0 Å². The van der Waals surface area contributed by atoms with E-state index < -0.39 is 113 Å². The van der Waals surface area contributed by atoms with Crippen LogP contribution in [0, 0.1) is 22.7 Å². The SMILES string of the molecule is C=C[C@H]1OC2CC3OC[C@@]3(OC(C)=O)[C@H]3[C@H](O)C4(C(C)(C)O)C[C@H](OC(=O)[C@H](O)C(CC(C)C)NC(=O)OC(C)(C)C)C(C)=C4[C@H](OC(C)=O)[C@H](O1)C23C. The molecule has 15 nitrogen and oxygen atoms in total.